The molecule has 1 saturated carbocycles. The Hall–Kier alpha value is -2.80. The quantitative estimate of drug-likeness (QED) is 0.505. The van der Waals surface area contributed by atoms with E-state index in [1.165, 1.54) is 30.2 Å². The minimum absolute atomic E-state index is 0.00266. The Kier molecular flexibility index (Phi) is 6.69. The SMILES string of the molecule is COc1ccccc1CCNC(=O)CSc1nnc(C2CC2)n1Cc1ccccc1. The monoisotopic (exact) mass is 422 g/mol. The van der Waals surface area contributed by atoms with Gasteiger partial charge in [-0.25, -0.2) is 0 Å². The Morgan fingerprint density at radius 3 is 2.67 bits per heavy atom. The van der Waals surface area contributed by atoms with E-state index in [-0.39, 0.29) is 5.91 Å². The van der Waals surface area contributed by atoms with Crippen LogP contribution in [0.3, 0.4) is 0 Å². The maximum Gasteiger partial charge on any atom is 0.230 e. The maximum atomic E-state index is 12.4. The number of nitrogens with one attached hydrogen (secondary N) is 1. The number of hydrogen-bond donors (Lipinski definition) is 1. The standard InChI is InChI=1S/C23H26N4O2S/c1-29-20-10-6-5-9-18(20)13-14-24-21(28)16-30-23-26-25-22(19-11-12-19)27(23)15-17-7-3-2-4-8-17/h2-10,19H,11-16H2,1H3,(H,24,28). The predicted octanol–water partition coefficient (Wildman–Crippen LogP) is 3.66. The van der Waals surface area contributed by atoms with E-state index in [1.807, 2.05) is 42.5 Å². The first-order valence-corrected chi connectivity index (χ1v) is 11.2. The number of rotatable bonds is 10. The van der Waals surface area contributed by atoms with Crippen LogP contribution in [0.1, 0.15) is 35.7 Å². The second kappa shape index (κ2) is 9.80. The van der Waals surface area contributed by atoms with Gasteiger partial charge < -0.3 is 14.6 Å². The van der Waals surface area contributed by atoms with Crippen LogP contribution < -0.4 is 10.1 Å². The van der Waals surface area contributed by atoms with Gasteiger partial charge in [-0.1, -0.05) is 60.3 Å². The van der Waals surface area contributed by atoms with Gasteiger partial charge in [0, 0.05) is 12.5 Å². The minimum Gasteiger partial charge on any atom is -0.496 e. The third-order valence-electron chi connectivity index (χ3n) is 5.11. The summed E-state index contributed by atoms with van der Waals surface area (Å²) in [7, 11) is 1.66. The molecule has 1 fully saturated rings. The van der Waals surface area contributed by atoms with Crippen molar-refractivity contribution >= 4 is 17.7 Å². The molecule has 4 rings (SSSR count). The van der Waals surface area contributed by atoms with E-state index in [4.69, 9.17) is 4.74 Å². The van der Waals surface area contributed by atoms with Crippen LogP contribution in [0.5, 0.6) is 5.75 Å². The first-order chi connectivity index (χ1) is 14.7. The summed E-state index contributed by atoms with van der Waals surface area (Å²) in [6.45, 7) is 1.31. The highest BCUT2D eigenvalue weighted by molar-refractivity contribution is 7.99. The van der Waals surface area contributed by atoms with E-state index in [0.717, 1.165) is 35.3 Å². The van der Waals surface area contributed by atoms with Crippen LogP contribution in [0.4, 0.5) is 0 Å². The number of carbonyl (C=O) groups is 1. The van der Waals surface area contributed by atoms with Crippen LogP contribution in [0.25, 0.3) is 0 Å². The molecule has 1 N–H and O–H groups in total. The molecule has 6 nitrogen and oxygen atoms in total. The highest BCUT2D eigenvalue weighted by atomic mass is 32.2. The Morgan fingerprint density at radius 2 is 1.90 bits per heavy atom. The lowest BCUT2D eigenvalue weighted by Gasteiger charge is -2.11. The van der Waals surface area contributed by atoms with Gasteiger partial charge in [-0.15, -0.1) is 10.2 Å². The summed E-state index contributed by atoms with van der Waals surface area (Å²) in [6, 6.07) is 18.2. The Bertz CT molecular complexity index is 986. The number of aromatic nitrogens is 3. The zero-order valence-corrected chi connectivity index (χ0v) is 17.9. The maximum absolute atomic E-state index is 12.4. The van der Waals surface area contributed by atoms with Crippen LogP contribution >= 0.6 is 11.8 Å². The number of methoxy groups -OCH3 is 1. The van der Waals surface area contributed by atoms with Gasteiger partial charge in [0.1, 0.15) is 11.6 Å². The molecule has 0 atom stereocenters. The summed E-state index contributed by atoms with van der Waals surface area (Å²) in [5.41, 5.74) is 2.30. The van der Waals surface area contributed by atoms with E-state index >= 15 is 0 Å². The zero-order valence-electron chi connectivity index (χ0n) is 17.1. The van der Waals surface area contributed by atoms with E-state index in [2.05, 4.69) is 32.2 Å². The fourth-order valence-electron chi connectivity index (χ4n) is 3.39. The molecule has 0 bridgehead atoms. The molecule has 7 heteroatoms. The predicted molar refractivity (Wildman–Crippen MR) is 118 cm³/mol. The van der Waals surface area contributed by atoms with Crippen molar-refractivity contribution in [3.63, 3.8) is 0 Å². The van der Waals surface area contributed by atoms with Crippen LogP contribution in [0, 0.1) is 0 Å². The van der Waals surface area contributed by atoms with Crippen LogP contribution in [0.15, 0.2) is 59.8 Å². The number of benzene rings is 2. The fraction of sp³-hybridized carbons (Fsp3) is 0.348. The van der Waals surface area contributed by atoms with Gasteiger partial charge in [0.15, 0.2) is 5.16 Å². The molecular weight excluding hydrogens is 396 g/mol. The van der Waals surface area contributed by atoms with Gasteiger partial charge in [0.25, 0.3) is 0 Å². The molecule has 1 aliphatic carbocycles. The first kappa shape index (κ1) is 20.5. The summed E-state index contributed by atoms with van der Waals surface area (Å²) >= 11 is 1.45. The molecule has 156 valence electrons. The molecule has 0 unspecified atom stereocenters. The Labute approximate surface area is 181 Å². The summed E-state index contributed by atoms with van der Waals surface area (Å²) in [4.78, 5) is 12.4. The van der Waals surface area contributed by atoms with Gasteiger partial charge >= 0.3 is 0 Å². The van der Waals surface area contributed by atoms with E-state index in [1.54, 1.807) is 7.11 Å². The molecular formula is C23H26N4O2S. The number of carbonyl (C=O) groups excluding carboxylic acids is 1. The van der Waals surface area contributed by atoms with Crippen molar-refractivity contribution in [1.29, 1.82) is 0 Å². The fourth-order valence-corrected chi connectivity index (χ4v) is 4.17. The lowest BCUT2D eigenvalue weighted by molar-refractivity contribution is -0.118. The molecule has 3 aromatic rings. The van der Waals surface area contributed by atoms with Crippen molar-refractivity contribution < 1.29 is 9.53 Å². The van der Waals surface area contributed by atoms with Crippen molar-refractivity contribution in [3.8, 4) is 5.75 Å². The van der Waals surface area contributed by atoms with E-state index < -0.39 is 0 Å². The van der Waals surface area contributed by atoms with Gasteiger partial charge in [0.2, 0.25) is 5.91 Å². The highest BCUT2D eigenvalue weighted by Gasteiger charge is 2.30. The van der Waals surface area contributed by atoms with Gasteiger partial charge in [-0.3, -0.25) is 4.79 Å². The largest absolute Gasteiger partial charge is 0.496 e. The molecule has 1 amide bonds. The summed E-state index contributed by atoms with van der Waals surface area (Å²) < 4.78 is 7.53. The third kappa shape index (κ3) is 5.21. The molecule has 1 aliphatic rings. The Balaban J connectivity index is 1.32. The molecule has 2 aromatic carbocycles. The van der Waals surface area contributed by atoms with Crippen molar-refractivity contribution in [2.24, 2.45) is 0 Å². The lowest BCUT2D eigenvalue weighted by atomic mass is 10.1. The summed E-state index contributed by atoms with van der Waals surface area (Å²) in [5.74, 6) is 2.71. The molecule has 1 heterocycles. The topological polar surface area (TPSA) is 69.0 Å². The third-order valence-corrected chi connectivity index (χ3v) is 6.08. The van der Waals surface area contributed by atoms with Crippen molar-refractivity contribution in [2.75, 3.05) is 19.4 Å². The second-order valence-corrected chi connectivity index (χ2v) is 8.33. The molecule has 1 aromatic heterocycles. The van der Waals surface area contributed by atoms with Crippen molar-refractivity contribution in [2.45, 2.75) is 36.9 Å². The highest BCUT2D eigenvalue weighted by Crippen LogP contribution is 2.40. The summed E-state index contributed by atoms with van der Waals surface area (Å²) in [5, 5.41) is 12.6. The van der Waals surface area contributed by atoms with E-state index in [0.29, 0.717) is 18.2 Å². The number of thioether (sulfide) groups is 1. The number of amides is 1. The zero-order chi connectivity index (χ0) is 20.8. The van der Waals surface area contributed by atoms with Crippen LogP contribution in [-0.2, 0) is 17.8 Å². The van der Waals surface area contributed by atoms with Gasteiger partial charge in [-0.05, 0) is 36.5 Å². The van der Waals surface area contributed by atoms with E-state index in [9.17, 15) is 4.79 Å². The number of nitrogens with zero attached hydrogens (tertiary/aromatic N) is 3. The average Bonchev–Trinajstić information content (AvgIpc) is 3.55. The molecule has 0 saturated heterocycles. The first-order valence-electron chi connectivity index (χ1n) is 10.2. The van der Waals surface area contributed by atoms with Gasteiger partial charge in [0.05, 0.1) is 19.4 Å². The van der Waals surface area contributed by atoms with Crippen LogP contribution in [-0.4, -0.2) is 40.1 Å². The molecule has 0 aliphatic heterocycles. The number of hydrogen-bond acceptors (Lipinski definition) is 5. The van der Waals surface area contributed by atoms with Crippen LogP contribution in [0.2, 0.25) is 0 Å². The smallest absolute Gasteiger partial charge is 0.230 e. The summed E-state index contributed by atoms with van der Waals surface area (Å²) in [6.07, 6.45) is 3.07. The van der Waals surface area contributed by atoms with Crippen molar-refractivity contribution in [1.82, 2.24) is 20.1 Å². The lowest BCUT2D eigenvalue weighted by Crippen LogP contribution is -2.27. The van der Waals surface area contributed by atoms with Crippen molar-refractivity contribution in [3.05, 3.63) is 71.5 Å². The normalized spacial score (nSPS) is 13.2. The number of para-hydroxylation sites is 1. The molecule has 0 spiro atoms. The average molecular weight is 423 g/mol. The number of ether oxygens (including phenoxy) is 1. The second-order valence-electron chi connectivity index (χ2n) is 7.39. The Morgan fingerprint density at radius 1 is 1.13 bits per heavy atom. The van der Waals surface area contributed by atoms with Gasteiger partial charge in [-0.2, -0.15) is 0 Å². The molecule has 30 heavy (non-hydrogen) atoms. The molecule has 0 radical (unpaired) electrons. The minimum atomic E-state index is -0.00266.